The average molecular weight is 463 g/mol. The molecule has 1 N–H and O–H groups in total. The van der Waals surface area contributed by atoms with Crippen LogP contribution in [0.15, 0.2) is 30.6 Å². The minimum absolute atomic E-state index is 0.00165. The van der Waals surface area contributed by atoms with Gasteiger partial charge >= 0.3 is 6.01 Å². The largest absolute Gasteiger partial charge is 0.424 e. The number of nitrogens with one attached hydrogen (secondary N) is 1. The maximum absolute atomic E-state index is 13.6. The lowest BCUT2D eigenvalue weighted by Gasteiger charge is -2.38. The van der Waals surface area contributed by atoms with Crippen molar-refractivity contribution in [1.82, 2.24) is 24.7 Å². The number of ether oxygens (including phenoxy) is 1. The highest BCUT2D eigenvalue weighted by molar-refractivity contribution is 6.30. The minimum Gasteiger partial charge on any atom is -0.424 e. The van der Waals surface area contributed by atoms with E-state index in [1.165, 1.54) is 12.1 Å². The molecule has 0 unspecified atom stereocenters. The molecule has 32 heavy (non-hydrogen) atoms. The second-order valence-electron chi connectivity index (χ2n) is 8.11. The molecule has 0 radical (unpaired) electrons. The van der Waals surface area contributed by atoms with E-state index in [1.807, 2.05) is 13.0 Å². The van der Waals surface area contributed by atoms with Gasteiger partial charge in [-0.2, -0.15) is 4.98 Å². The van der Waals surface area contributed by atoms with E-state index in [0.29, 0.717) is 4.68 Å². The lowest BCUT2D eigenvalue weighted by molar-refractivity contribution is 0.374. The lowest BCUT2D eigenvalue weighted by atomic mass is 9.92. The van der Waals surface area contributed by atoms with E-state index in [1.54, 1.807) is 6.33 Å². The Hall–Kier alpha value is -2.94. The van der Waals surface area contributed by atoms with E-state index in [-0.39, 0.29) is 34.6 Å². The predicted octanol–water partition coefficient (Wildman–Crippen LogP) is 4.31. The minimum atomic E-state index is -3.06. The fraction of sp³-hybridized carbons (Fsp3) is 0.455. The zero-order valence-electron chi connectivity index (χ0n) is 22.3. The maximum Gasteiger partial charge on any atom is 0.322 e. The molecule has 0 amide bonds. The van der Waals surface area contributed by atoms with Crippen molar-refractivity contribution in [2.45, 2.75) is 39.2 Å². The summed E-state index contributed by atoms with van der Waals surface area (Å²) < 4.78 is 59.3. The SMILES string of the molecule is [2H]C([2H])([2H])C([2H])([2H])n1nc(N[C@H]2[C@@H]3CC[C@H]2CN(c2cc(C)ncn2)C3)nc1Oc1ccc(F)c(Cl)c1. The third-order valence-electron chi connectivity index (χ3n) is 6.03. The molecule has 3 atom stereocenters. The van der Waals surface area contributed by atoms with Gasteiger partial charge in [-0.15, -0.1) is 5.10 Å². The van der Waals surface area contributed by atoms with Crippen LogP contribution in [0.25, 0.3) is 0 Å². The second kappa shape index (κ2) is 8.54. The summed E-state index contributed by atoms with van der Waals surface area (Å²) in [6.07, 6.45) is 3.52. The highest BCUT2D eigenvalue weighted by Crippen LogP contribution is 2.40. The van der Waals surface area contributed by atoms with Crippen LogP contribution in [-0.2, 0) is 6.50 Å². The number of aromatic nitrogens is 5. The molecule has 0 spiro atoms. The molecule has 8 nitrogen and oxygen atoms in total. The number of halogens is 2. The Balaban J connectivity index is 1.40. The molecule has 1 aliphatic heterocycles. The number of nitrogens with zero attached hydrogens (tertiary/aromatic N) is 6. The zero-order chi connectivity index (χ0) is 26.5. The molecule has 168 valence electrons. The first kappa shape index (κ1) is 15.8. The van der Waals surface area contributed by atoms with Gasteiger partial charge in [-0.3, -0.25) is 0 Å². The first-order valence-corrected chi connectivity index (χ1v) is 10.7. The molecule has 1 aliphatic carbocycles. The lowest BCUT2D eigenvalue weighted by Crippen LogP contribution is -2.48. The van der Waals surface area contributed by atoms with Gasteiger partial charge in [-0.1, -0.05) is 11.6 Å². The Morgan fingerprint density at radius 3 is 2.81 bits per heavy atom. The smallest absolute Gasteiger partial charge is 0.322 e. The van der Waals surface area contributed by atoms with E-state index in [9.17, 15) is 4.39 Å². The molecule has 1 aromatic carbocycles. The topological polar surface area (TPSA) is 81.0 Å². The number of benzene rings is 1. The molecule has 2 bridgehead atoms. The van der Waals surface area contributed by atoms with Crippen molar-refractivity contribution in [2.24, 2.45) is 11.8 Å². The average Bonchev–Trinajstić information content (AvgIpc) is 3.31. The summed E-state index contributed by atoms with van der Waals surface area (Å²) in [5.41, 5.74) is 0.894. The Bertz CT molecular complexity index is 1290. The summed E-state index contributed by atoms with van der Waals surface area (Å²) in [5.74, 6) is 0.826. The van der Waals surface area contributed by atoms with Crippen LogP contribution in [0, 0.1) is 24.6 Å². The van der Waals surface area contributed by atoms with Crippen LogP contribution < -0.4 is 15.0 Å². The highest BCUT2D eigenvalue weighted by Gasteiger charge is 2.43. The van der Waals surface area contributed by atoms with Gasteiger partial charge in [0.15, 0.2) is 0 Å². The maximum atomic E-state index is 13.6. The van der Waals surface area contributed by atoms with E-state index in [0.717, 1.165) is 43.5 Å². The molecular formula is C22H25ClFN7O. The molecule has 3 heterocycles. The Labute approximate surface area is 197 Å². The number of rotatable bonds is 6. The fourth-order valence-electron chi connectivity index (χ4n) is 4.55. The summed E-state index contributed by atoms with van der Waals surface area (Å²) in [6, 6.07) is 5.12. The Kier molecular flexibility index (Phi) is 4.21. The van der Waals surface area contributed by atoms with Crippen molar-refractivity contribution in [2.75, 3.05) is 23.3 Å². The number of piperidine rings is 1. The molecule has 3 aromatic rings. The van der Waals surface area contributed by atoms with Crippen LogP contribution >= 0.6 is 11.6 Å². The van der Waals surface area contributed by atoms with Crippen LogP contribution in [0.4, 0.5) is 16.2 Å². The standard InChI is InChI=1S/C22H25ClFN7O/c1-3-31-22(32-16-6-7-18(24)17(23)9-16)28-21(29-31)27-20-14-4-5-15(20)11-30(10-14)19-8-13(2)25-12-26-19/h6-9,12,14-15,20H,3-5,10-11H2,1-2H3,(H,27,29)/t14-,15+,20+/i1D3,3D2. The van der Waals surface area contributed by atoms with E-state index in [4.69, 9.17) is 23.2 Å². The van der Waals surface area contributed by atoms with Crippen LogP contribution in [0.3, 0.4) is 0 Å². The molecule has 10 heteroatoms. The molecule has 1 saturated heterocycles. The molecule has 2 fully saturated rings. The Morgan fingerprint density at radius 2 is 2.09 bits per heavy atom. The zero-order valence-corrected chi connectivity index (χ0v) is 18.1. The van der Waals surface area contributed by atoms with Crippen LogP contribution in [0.5, 0.6) is 11.8 Å². The van der Waals surface area contributed by atoms with Crippen molar-refractivity contribution in [3.8, 4) is 11.8 Å². The monoisotopic (exact) mass is 462 g/mol. The van der Waals surface area contributed by atoms with Gasteiger partial charge in [0, 0.05) is 47.6 Å². The molecule has 2 aromatic heterocycles. The molecular weight excluding hydrogens is 433 g/mol. The summed E-state index contributed by atoms with van der Waals surface area (Å²) in [5, 5.41) is 7.25. The van der Waals surface area contributed by atoms with Crippen molar-refractivity contribution in [1.29, 1.82) is 0 Å². The van der Waals surface area contributed by atoms with Crippen molar-refractivity contribution in [3.05, 3.63) is 47.1 Å². The van der Waals surface area contributed by atoms with Crippen LogP contribution in [-0.4, -0.2) is 43.9 Å². The van der Waals surface area contributed by atoms with E-state index in [2.05, 4.69) is 30.3 Å². The van der Waals surface area contributed by atoms with Gasteiger partial charge in [-0.05, 0) is 50.6 Å². The number of fused-ring (bicyclic) bond motifs is 2. The predicted molar refractivity (Wildman–Crippen MR) is 120 cm³/mol. The van der Waals surface area contributed by atoms with E-state index >= 15 is 0 Å². The highest BCUT2D eigenvalue weighted by atomic mass is 35.5. The second-order valence-corrected chi connectivity index (χ2v) is 8.52. The number of hydrogen-bond acceptors (Lipinski definition) is 7. The van der Waals surface area contributed by atoms with Gasteiger partial charge < -0.3 is 15.0 Å². The first-order valence-electron chi connectivity index (χ1n) is 12.8. The quantitative estimate of drug-likeness (QED) is 0.584. The van der Waals surface area contributed by atoms with Gasteiger partial charge in [0.1, 0.15) is 23.7 Å². The van der Waals surface area contributed by atoms with E-state index < -0.39 is 25.2 Å². The molecule has 1 saturated carbocycles. The number of hydrogen-bond donors (Lipinski definition) is 1. The van der Waals surface area contributed by atoms with Gasteiger partial charge in [0.05, 0.1) is 7.76 Å². The third kappa shape index (κ3) is 4.09. The number of anilines is 2. The van der Waals surface area contributed by atoms with Crippen molar-refractivity contribution < 1.29 is 16.0 Å². The number of aryl methyl sites for hydroxylation is 2. The van der Waals surface area contributed by atoms with Gasteiger partial charge in [0.25, 0.3) is 0 Å². The first-order chi connectivity index (χ1) is 17.4. The molecule has 5 rings (SSSR count). The van der Waals surface area contributed by atoms with Gasteiger partial charge in [0.2, 0.25) is 5.95 Å². The summed E-state index contributed by atoms with van der Waals surface area (Å²) in [6.45, 7) is -2.53. The van der Waals surface area contributed by atoms with Gasteiger partial charge in [-0.25, -0.2) is 19.0 Å². The molecule has 2 aliphatic rings. The fourth-order valence-corrected chi connectivity index (χ4v) is 4.72. The van der Waals surface area contributed by atoms with Crippen molar-refractivity contribution >= 4 is 23.4 Å². The Morgan fingerprint density at radius 1 is 1.28 bits per heavy atom. The van der Waals surface area contributed by atoms with Crippen LogP contribution in [0.2, 0.25) is 5.02 Å². The normalized spacial score (nSPS) is 25.4. The van der Waals surface area contributed by atoms with Crippen LogP contribution in [0.1, 0.15) is 32.2 Å². The summed E-state index contributed by atoms with van der Waals surface area (Å²) in [7, 11) is 0. The van der Waals surface area contributed by atoms with Crippen molar-refractivity contribution in [3.63, 3.8) is 0 Å². The summed E-state index contributed by atoms with van der Waals surface area (Å²) >= 11 is 5.83. The third-order valence-corrected chi connectivity index (χ3v) is 6.32. The summed E-state index contributed by atoms with van der Waals surface area (Å²) in [4.78, 5) is 15.1.